The third kappa shape index (κ3) is 3.06. The molecule has 1 amide bonds. The Labute approximate surface area is 124 Å². The summed E-state index contributed by atoms with van der Waals surface area (Å²) >= 11 is 3.35. The average Bonchev–Trinajstić information content (AvgIpc) is 2.49. The fourth-order valence-electron chi connectivity index (χ4n) is 1.64. The summed E-state index contributed by atoms with van der Waals surface area (Å²) in [7, 11) is 1.56. The maximum absolute atomic E-state index is 12.2. The van der Waals surface area contributed by atoms with Crippen molar-refractivity contribution < 1.29 is 9.53 Å². The topological polar surface area (TPSA) is 89.3 Å². The van der Waals surface area contributed by atoms with Crippen molar-refractivity contribution in [1.82, 2.24) is 4.98 Å². The fourth-order valence-corrected chi connectivity index (χ4v) is 2.05. The quantitative estimate of drug-likeness (QED) is 0.589. The highest BCUT2D eigenvalue weighted by molar-refractivity contribution is 9.10. The molecule has 4 N–H and O–H groups in total. The molecular formula is C13H13BrN4O2. The van der Waals surface area contributed by atoms with Crippen LogP contribution in [-0.4, -0.2) is 18.0 Å². The van der Waals surface area contributed by atoms with Crippen molar-refractivity contribution in [3.8, 4) is 5.75 Å². The average molecular weight is 337 g/mol. The van der Waals surface area contributed by atoms with E-state index in [4.69, 9.17) is 10.6 Å². The van der Waals surface area contributed by atoms with Crippen LogP contribution in [0.4, 0.5) is 11.4 Å². The Morgan fingerprint density at radius 1 is 1.40 bits per heavy atom. The van der Waals surface area contributed by atoms with Gasteiger partial charge in [0.2, 0.25) is 0 Å². The molecule has 1 aromatic carbocycles. The molecule has 0 atom stereocenters. The molecule has 1 aromatic heterocycles. The lowest BCUT2D eigenvalue weighted by molar-refractivity contribution is 0.102. The summed E-state index contributed by atoms with van der Waals surface area (Å²) in [5, 5.41) is 2.77. The Kier molecular flexibility index (Phi) is 4.54. The number of methoxy groups -OCH3 is 1. The Morgan fingerprint density at radius 3 is 2.90 bits per heavy atom. The lowest BCUT2D eigenvalue weighted by Crippen LogP contribution is -2.17. The monoisotopic (exact) mass is 336 g/mol. The predicted octanol–water partition coefficient (Wildman–Crippen LogP) is 2.39. The number of nitrogens with zero attached hydrogens (tertiary/aromatic N) is 1. The highest BCUT2D eigenvalue weighted by atomic mass is 79.9. The Balaban J connectivity index is 2.23. The van der Waals surface area contributed by atoms with Gasteiger partial charge in [-0.15, -0.1) is 0 Å². The number of aromatic nitrogens is 1. The Hall–Kier alpha value is -2.12. The number of carbonyl (C=O) groups is 1. The minimum Gasteiger partial charge on any atom is -0.495 e. The van der Waals surface area contributed by atoms with Crippen LogP contribution in [0.3, 0.4) is 0 Å². The van der Waals surface area contributed by atoms with Crippen LogP contribution in [0.15, 0.2) is 41.1 Å². The van der Waals surface area contributed by atoms with Crippen molar-refractivity contribution in [3.63, 3.8) is 0 Å². The maximum Gasteiger partial charge on any atom is 0.257 e. The number of hydrogen-bond donors (Lipinski definition) is 3. The third-order valence-electron chi connectivity index (χ3n) is 2.63. The number of carbonyl (C=O) groups excluding carboxylic acids is 1. The number of amides is 1. The second kappa shape index (κ2) is 6.36. The molecule has 0 aliphatic carbocycles. The molecule has 7 heteroatoms. The maximum atomic E-state index is 12.2. The molecule has 20 heavy (non-hydrogen) atoms. The zero-order chi connectivity index (χ0) is 14.5. The Bertz CT molecular complexity index is 634. The van der Waals surface area contributed by atoms with Gasteiger partial charge in [0.25, 0.3) is 5.91 Å². The van der Waals surface area contributed by atoms with Gasteiger partial charge >= 0.3 is 0 Å². The van der Waals surface area contributed by atoms with Crippen LogP contribution in [-0.2, 0) is 0 Å². The largest absolute Gasteiger partial charge is 0.495 e. The SMILES string of the molecule is COc1cc(NC(=O)c2ccncc2NN)ccc1Br. The minimum absolute atomic E-state index is 0.287. The number of hydrazine groups is 1. The van der Waals surface area contributed by atoms with Gasteiger partial charge in [0.05, 0.1) is 29.0 Å². The van der Waals surface area contributed by atoms with Gasteiger partial charge in [-0.2, -0.15) is 0 Å². The van der Waals surface area contributed by atoms with E-state index in [0.29, 0.717) is 22.7 Å². The molecule has 0 spiro atoms. The number of pyridine rings is 1. The molecule has 0 unspecified atom stereocenters. The van der Waals surface area contributed by atoms with Gasteiger partial charge in [-0.3, -0.25) is 15.6 Å². The highest BCUT2D eigenvalue weighted by Crippen LogP contribution is 2.28. The van der Waals surface area contributed by atoms with Gasteiger partial charge in [0.15, 0.2) is 0 Å². The van der Waals surface area contributed by atoms with Crippen molar-refractivity contribution >= 4 is 33.2 Å². The molecule has 0 bridgehead atoms. The second-order valence-corrected chi connectivity index (χ2v) is 4.72. The summed E-state index contributed by atoms with van der Waals surface area (Å²) in [5.41, 5.74) is 3.92. The van der Waals surface area contributed by atoms with Crippen molar-refractivity contribution in [2.75, 3.05) is 17.9 Å². The zero-order valence-corrected chi connectivity index (χ0v) is 12.3. The van der Waals surface area contributed by atoms with E-state index in [1.54, 1.807) is 31.4 Å². The van der Waals surface area contributed by atoms with Crippen LogP contribution in [0.2, 0.25) is 0 Å². The van der Waals surface area contributed by atoms with Gasteiger partial charge in [-0.05, 0) is 34.1 Å². The number of nitrogens with two attached hydrogens (primary N) is 1. The van der Waals surface area contributed by atoms with Crippen LogP contribution < -0.4 is 21.3 Å². The summed E-state index contributed by atoms with van der Waals surface area (Å²) in [4.78, 5) is 16.1. The van der Waals surface area contributed by atoms with Gasteiger partial charge in [-0.1, -0.05) is 0 Å². The first-order valence-electron chi connectivity index (χ1n) is 5.71. The summed E-state index contributed by atoms with van der Waals surface area (Å²) in [5.74, 6) is 5.70. The van der Waals surface area contributed by atoms with E-state index in [1.807, 2.05) is 0 Å². The predicted molar refractivity (Wildman–Crippen MR) is 80.7 cm³/mol. The standard InChI is InChI=1S/C13H13BrN4O2/c1-20-12-6-8(2-3-10(12)14)17-13(19)9-4-5-16-7-11(9)18-15/h2-7,18H,15H2,1H3,(H,17,19). The molecule has 0 fully saturated rings. The molecule has 0 saturated carbocycles. The fraction of sp³-hybridized carbons (Fsp3) is 0.0769. The molecule has 6 nitrogen and oxygen atoms in total. The third-order valence-corrected chi connectivity index (χ3v) is 3.29. The Morgan fingerprint density at radius 2 is 2.20 bits per heavy atom. The number of benzene rings is 1. The molecular weight excluding hydrogens is 324 g/mol. The molecule has 0 radical (unpaired) electrons. The van der Waals surface area contributed by atoms with E-state index in [9.17, 15) is 4.79 Å². The summed E-state index contributed by atoms with van der Waals surface area (Å²) in [6.45, 7) is 0. The van der Waals surface area contributed by atoms with Crippen LogP contribution >= 0.6 is 15.9 Å². The number of anilines is 2. The molecule has 2 rings (SSSR count). The van der Waals surface area contributed by atoms with Crippen LogP contribution in [0, 0.1) is 0 Å². The molecule has 2 aromatic rings. The van der Waals surface area contributed by atoms with Gasteiger partial charge in [0.1, 0.15) is 5.75 Å². The van der Waals surface area contributed by atoms with E-state index in [0.717, 1.165) is 4.47 Å². The van der Waals surface area contributed by atoms with Crippen molar-refractivity contribution in [3.05, 3.63) is 46.7 Å². The summed E-state index contributed by atoms with van der Waals surface area (Å²) in [6.07, 6.45) is 3.01. The molecule has 0 aliphatic rings. The van der Waals surface area contributed by atoms with Crippen molar-refractivity contribution in [2.45, 2.75) is 0 Å². The minimum atomic E-state index is -0.287. The number of nitrogens with one attached hydrogen (secondary N) is 2. The highest BCUT2D eigenvalue weighted by Gasteiger charge is 2.12. The van der Waals surface area contributed by atoms with Crippen LogP contribution in [0.25, 0.3) is 0 Å². The number of nitrogen functional groups attached to an aromatic ring is 1. The summed E-state index contributed by atoms with van der Waals surface area (Å²) < 4.78 is 5.99. The number of hydrogen-bond acceptors (Lipinski definition) is 5. The first-order valence-corrected chi connectivity index (χ1v) is 6.50. The molecule has 0 saturated heterocycles. The normalized spacial score (nSPS) is 9.95. The van der Waals surface area contributed by atoms with Crippen LogP contribution in [0.5, 0.6) is 5.75 Å². The molecule has 0 aliphatic heterocycles. The van der Waals surface area contributed by atoms with Gasteiger partial charge in [0, 0.05) is 18.0 Å². The lowest BCUT2D eigenvalue weighted by atomic mass is 10.2. The van der Waals surface area contributed by atoms with Crippen molar-refractivity contribution in [2.24, 2.45) is 5.84 Å². The van der Waals surface area contributed by atoms with E-state index < -0.39 is 0 Å². The second-order valence-electron chi connectivity index (χ2n) is 3.87. The van der Waals surface area contributed by atoms with Crippen LogP contribution in [0.1, 0.15) is 10.4 Å². The number of rotatable bonds is 4. The van der Waals surface area contributed by atoms with E-state index in [2.05, 4.69) is 31.7 Å². The first kappa shape index (κ1) is 14.3. The number of halogens is 1. The number of ether oxygens (including phenoxy) is 1. The summed E-state index contributed by atoms with van der Waals surface area (Å²) in [6, 6.07) is 6.86. The zero-order valence-electron chi connectivity index (χ0n) is 10.7. The van der Waals surface area contributed by atoms with Gasteiger partial charge < -0.3 is 15.5 Å². The van der Waals surface area contributed by atoms with E-state index >= 15 is 0 Å². The van der Waals surface area contributed by atoms with Crippen molar-refractivity contribution in [1.29, 1.82) is 0 Å². The first-order chi connectivity index (χ1) is 9.65. The van der Waals surface area contributed by atoms with Gasteiger partial charge in [-0.25, -0.2) is 0 Å². The van der Waals surface area contributed by atoms with E-state index in [1.165, 1.54) is 12.4 Å². The smallest absolute Gasteiger partial charge is 0.257 e. The molecule has 1 heterocycles. The lowest BCUT2D eigenvalue weighted by Gasteiger charge is -2.10. The van der Waals surface area contributed by atoms with E-state index in [-0.39, 0.29) is 5.91 Å². The molecule has 104 valence electrons.